The molecular weight excluding hydrogens is 255 g/mol. The van der Waals surface area contributed by atoms with E-state index in [0.717, 1.165) is 6.20 Å². The molecule has 0 aliphatic carbocycles. The van der Waals surface area contributed by atoms with E-state index in [1.807, 2.05) is 0 Å². The molecule has 6 nitrogen and oxygen atoms in total. The van der Waals surface area contributed by atoms with Crippen LogP contribution in [-0.4, -0.2) is 27.2 Å². The van der Waals surface area contributed by atoms with Gasteiger partial charge in [0.15, 0.2) is 5.82 Å². The smallest absolute Gasteiger partial charge is 0.341 e. The molecule has 1 aliphatic rings. The lowest BCUT2D eigenvalue weighted by Crippen LogP contribution is -2.27. The van der Waals surface area contributed by atoms with Crippen molar-refractivity contribution in [3.8, 4) is 5.88 Å². The lowest BCUT2D eigenvalue weighted by Gasteiger charge is -2.25. The van der Waals surface area contributed by atoms with Gasteiger partial charge in [-0.2, -0.15) is 0 Å². The fourth-order valence-electron chi connectivity index (χ4n) is 2.20. The van der Waals surface area contributed by atoms with E-state index in [1.54, 1.807) is 6.92 Å². The molecule has 0 spiro atoms. The zero-order chi connectivity index (χ0) is 13.7. The van der Waals surface area contributed by atoms with Crippen molar-refractivity contribution in [2.45, 2.75) is 13.0 Å². The van der Waals surface area contributed by atoms with Gasteiger partial charge < -0.3 is 14.4 Å². The van der Waals surface area contributed by atoms with Crippen LogP contribution >= 0.6 is 0 Å². The van der Waals surface area contributed by atoms with Crippen molar-refractivity contribution in [3.63, 3.8) is 0 Å². The first-order valence-electron chi connectivity index (χ1n) is 5.60. The summed E-state index contributed by atoms with van der Waals surface area (Å²) in [7, 11) is 0. The monoisotopic (exact) mass is 264 g/mol. The lowest BCUT2D eigenvalue weighted by molar-refractivity contribution is 0.0694. The zero-order valence-electron chi connectivity index (χ0n) is 9.88. The molecule has 2 aromatic heterocycles. The second kappa shape index (κ2) is 3.78. The Morgan fingerprint density at radius 2 is 2.37 bits per heavy atom. The summed E-state index contributed by atoms with van der Waals surface area (Å²) in [6, 6.07) is -0.211. The summed E-state index contributed by atoms with van der Waals surface area (Å²) in [6.45, 7) is 2.06. The summed E-state index contributed by atoms with van der Waals surface area (Å²) in [4.78, 5) is 26.9. The quantitative estimate of drug-likeness (QED) is 0.836. The number of carbonyl (C=O) groups is 1. The number of carboxylic acid groups (broad SMARTS) is 1. The van der Waals surface area contributed by atoms with Crippen molar-refractivity contribution in [3.05, 3.63) is 34.0 Å². The summed E-state index contributed by atoms with van der Waals surface area (Å²) < 4.78 is 20.7. The Morgan fingerprint density at radius 1 is 1.63 bits per heavy atom. The predicted octanol–water partition coefficient (Wildman–Crippen LogP) is 1.19. The van der Waals surface area contributed by atoms with Gasteiger partial charge in [-0.25, -0.2) is 14.2 Å². The van der Waals surface area contributed by atoms with Gasteiger partial charge in [-0.1, -0.05) is 0 Å². The second-order valence-corrected chi connectivity index (χ2v) is 4.38. The molecule has 98 valence electrons. The molecule has 1 atom stereocenters. The van der Waals surface area contributed by atoms with Gasteiger partial charge >= 0.3 is 5.97 Å². The molecule has 3 rings (SSSR count). The van der Waals surface area contributed by atoms with E-state index in [9.17, 15) is 14.0 Å². The third kappa shape index (κ3) is 1.51. The van der Waals surface area contributed by atoms with Crippen LogP contribution in [0.3, 0.4) is 0 Å². The Morgan fingerprint density at radius 3 is 3.05 bits per heavy atom. The van der Waals surface area contributed by atoms with Crippen LogP contribution in [0.5, 0.6) is 5.88 Å². The molecule has 1 N–H and O–H groups in total. The van der Waals surface area contributed by atoms with Gasteiger partial charge in [0.05, 0.1) is 17.6 Å². The van der Waals surface area contributed by atoms with Crippen LogP contribution in [0.15, 0.2) is 17.2 Å². The van der Waals surface area contributed by atoms with Crippen LogP contribution in [0.25, 0.3) is 10.9 Å². The lowest BCUT2D eigenvalue weighted by atomic mass is 10.1. The highest BCUT2D eigenvalue weighted by Crippen LogP contribution is 2.30. The third-order valence-corrected chi connectivity index (χ3v) is 3.14. The van der Waals surface area contributed by atoms with Crippen LogP contribution in [-0.2, 0) is 0 Å². The van der Waals surface area contributed by atoms with Gasteiger partial charge in [0.1, 0.15) is 17.7 Å². The first kappa shape index (κ1) is 11.6. The van der Waals surface area contributed by atoms with E-state index in [0.29, 0.717) is 0 Å². The van der Waals surface area contributed by atoms with E-state index >= 15 is 0 Å². The topological polar surface area (TPSA) is 81.4 Å². The predicted molar refractivity (Wildman–Crippen MR) is 63.1 cm³/mol. The average molecular weight is 264 g/mol. The highest BCUT2D eigenvalue weighted by atomic mass is 19.1. The average Bonchev–Trinajstić information content (AvgIpc) is 2.36. The number of nitrogens with zero attached hydrogens (tertiary/aromatic N) is 2. The molecule has 0 saturated heterocycles. The Balaban J connectivity index is 2.57. The van der Waals surface area contributed by atoms with Crippen LogP contribution in [0.2, 0.25) is 0 Å². The highest BCUT2D eigenvalue weighted by molar-refractivity contribution is 5.94. The summed E-state index contributed by atoms with van der Waals surface area (Å²) >= 11 is 0. The minimum absolute atomic E-state index is 0.142. The molecule has 0 fully saturated rings. The van der Waals surface area contributed by atoms with Gasteiger partial charge in [-0.05, 0) is 6.92 Å². The molecule has 0 aromatic carbocycles. The summed E-state index contributed by atoms with van der Waals surface area (Å²) in [5, 5.41) is 8.73. The fourth-order valence-corrected chi connectivity index (χ4v) is 2.20. The maximum atomic E-state index is 13.8. The van der Waals surface area contributed by atoms with Gasteiger partial charge in [-0.3, -0.25) is 4.79 Å². The molecule has 0 bridgehead atoms. The van der Waals surface area contributed by atoms with Gasteiger partial charge in [0.25, 0.3) is 0 Å². The molecule has 0 radical (unpaired) electrons. The Labute approximate surface area is 106 Å². The first-order valence-corrected chi connectivity index (χ1v) is 5.60. The summed E-state index contributed by atoms with van der Waals surface area (Å²) in [5.74, 6) is -2.09. The molecule has 2 aromatic rings. The van der Waals surface area contributed by atoms with Gasteiger partial charge in [-0.15, -0.1) is 0 Å². The molecule has 7 heteroatoms. The molecule has 1 unspecified atom stereocenters. The van der Waals surface area contributed by atoms with Crippen molar-refractivity contribution in [1.82, 2.24) is 9.55 Å². The van der Waals surface area contributed by atoms with Crippen molar-refractivity contribution < 1.29 is 19.0 Å². The van der Waals surface area contributed by atoms with Crippen molar-refractivity contribution in [2.24, 2.45) is 0 Å². The number of carboxylic acids is 1. The molecule has 0 amide bonds. The Hall–Kier alpha value is -2.44. The minimum Gasteiger partial charge on any atom is -0.477 e. The molecule has 19 heavy (non-hydrogen) atoms. The third-order valence-electron chi connectivity index (χ3n) is 3.14. The number of ether oxygens (including phenoxy) is 1. The van der Waals surface area contributed by atoms with Crippen molar-refractivity contribution in [2.75, 3.05) is 6.61 Å². The van der Waals surface area contributed by atoms with Crippen molar-refractivity contribution in [1.29, 1.82) is 0 Å². The molecule has 1 aliphatic heterocycles. The largest absolute Gasteiger partial charge is 0.477 e. The van der Waals surface area contributed by atoms with Gasteiger partial charge in [0.2, 0.25) is 11.3 Å². The number of aromatic nitrogens is 2. The molecular formula is C12H9FN2O4. The number of rotatable bonds is 1. The standard InChI is InChI=1S/C12H9FN2O4/c1-5-4-19-11-9-8(7(13)2-14-11)10(16)6(12(17)18)3-15(5)9/h2-3,5H,4H2,1H3,(H,17,18). The Bertz CT molecular complexity index is 768. The van der Waals surface area contributed by atoms with Crippen LogP contribution in [0.1, 0.15) is 23.3 Å². The Kier molecular flexibility index (Phi) is 2.31. The SMILES string of the molecule is CC1COc2ncc(F)c3c(=O)c(C(=O)O)cn1c23. The fraction of sp³-hybridized carbons (Fsp3) is 0.250. The van der Waals surface area contributed by atoms with E-state index in [1.165, 1.54) is 10.8 Å². The van der Waals surface area contributed by atoms with Crippen LogP contribution < -0.4 is 10.2 Å². The van der Waals surface area contributed by atoms with Crippen LogP contribution in [0.4, 0.5) is 4.39 Å². The van der Waals surface area contributed by atoms with E-state index in [2.05, 4.69) is 4.98 Å². The number of halogens is 1. The number of aromatic carboxylic acids is 1. The van der Waals surface area contributed by atoms with Crippen molar-refractivity contribution >= 4 is 16.9 Å². The van der Waals surface area contributed by atoms with E-state index in [4.69, 9.17) is 9.84 Å². The molecule has 3 heterocycles. The van der Waals surface area contributed by atoms with Gasteiger partial charge in [0, 0.05) is 6.20 Å². The number of hydrogen-bond acceptors (Lipinski definition) is 4. The summed E-state index contributed by atoms with van der Waals surface area (Å²) in [6.07, 6.45) is 2.08. The van der Waals surface area contributed by atoms with Crippen LogP contribution in [0, 0.1) is 5.82 Å². The maximum Gasteiger partial charge on any atom is 0.341 e. The number of hydrogen-bond donors (Lipinski definition) is 1. The van der Waals surface area contributed by atoms with E-state index in [-0.39, 0.29) is 29.4 Å². The van der Waals surface area contributed by atoms with E-state index < -0.39 is 22.8 Å². The second-order valence-electron chi connectivity index (χ2n) is 4.38. The zero-order valence-corrected chi connectivity index (χ0v) is 9.88. The number of pyridine rings is 2. The summed E-state index contributed by atoms with van der Waals surface area (Å²) in [5.41, 5.74) is -1.12. The molecule has 0 saturated carbocycles. The normalized spacial score (nSPS) is 17.3. The first-order chi connectivity index (χ1) is 9.00. The maximum absolute atomic E-state index is 13.8. The highest BCUT2D eigenvalue weighted by Gasteiger charge is 2.26. The minimum atomic E-state index is -1.38.